The van der Waals surface area contributed by atoms with E-state index in [1.807, 2.05) is 6.07 Å². The Hall–Kier alpha value is -1.39. The Balaban J connectivity index is 1.83. The van der Waals surface area contributed by atoms with E-state index in [0.717, 1.165) is 37.9 Å². The molecule has 4 heteroatoms. The molecule has 1 aromatic heterocycles. The van der Waals surface area contributed by atoms with Crippen molar-refractivity contribution in [1.82, 2.24) is 10.3 Å². The zero-order valence-electron chi connectivity index (χ0n) is 11.7. The molecule has 3 rings (SSSR count). The van der Waals surface area contributed by atoms with Gasteiger partial charge in [-0.3, -0.25) is 0 Å². The molecule has 0 bridgehead atoms. The Labute approximate surface area is 118 Å². The fourth-order valence-corrected chi connectivity index (χ4v) is 3.20. The maximum Gasteiger partial charge on any atom is 0.125 e. The molecule has 0 amide bonds. The lowest BCUT2D eigenvalue weighted by Crippen LogP contribution is -2.29. The number of aromatic amines is 1. The topological polar surface area (TPSA) is 53.8 Å². The van der Waals surface area contributed by atoms with Gasteiger partial charge in [-0.05, 0) is 56.1 Å². The number of nitrogens with two attached hydrogens (primary N) is 1. The Morgan fingerprint density at radius 3 is 3.00 bits per heavy atom. The van der Waals surface area contributed by atoms with Crippen molar-refractivity contribution < 1.29 is 4.39 Å². The summed E-state index contributed by atoms with van der Waals surface area (Å²) in [6, 6.07) is 5.41. The number of aromatic nitrogens is 1. The standard InChI is InChI=1S/C16H22FN3/c17-11-5-6-12-13-7-9-19-14(4-2-1-3-8-18)16(13)20-15(12)10-11/h5-6,10,14,19-20H,1-4,7-9,18H2. The minimum Gasteiger partial charge on any atom is -0.357 e. The summed E-state index contributed by atoms with van der Waals surface area (Å²) in [5, 5.41) is 4.75. The van der Waals surface area contributed by atoms with Crippen molar-refractivity contribution in [2.24, 2.45) is 5.73 Å². The van der Waals surface area contributed by atoms with Gasteiger partial charge in [0.15, 0.2) is 0 Å². The second-order valence-electron chi connectivity index (χ2n) is 5.60. The number of hydrogen-bond acceptors (Lipinski definition) is 2. The van der Waals surface area contributed by atoms with E-state index in [0.29, 0.717) is 6.04 Å². The van der Waals surface area contributed by atoms with E-state index in [1.54, 1.807) is 12.1 Å². The normalized spacial score (nSPS) is 18.4. The van der Waals surface area contributed by atoms with Gasteiger partial charge < -0.3 is 16.0 Å². The summed E-state index contributed by atoms with van der Waals surface area (Å²) >= 11 is 0. The maximum atomic E-state index is 13.3. The van der Waals surface area contributed by atoms with Crippen LogP contribution in [0.4, 0.5) is 4.39 Å². The predicted octanol–water partition coefficient (Wildman–Crippen LogP) is 3.01. The molecule has 1 aliphatic rings. The van der Waals surface area contributed by atoms with Crippen LogP contribution in [0.1, 0.15) is 43.0 Å². The van der Waals surface area contributed by atoms with Crippen molar-refractivity contribution in [2.45, 2.75) is 38.1 Å². The van der Waals surface area contributed by atoms with Gasteiger partial charge in [0, 0.05) is 22.6 Å². The van der Waals surface area contributed by atoms with Crippen LogP contribution in [0, 0.1) is 5.82 Å². The first-order valence-electron chi connectivity index (χ1n) is 7.53. The number of H-pyrrole nitrogens is 1. The van der Waals surface area contributed by atoms with Crippen LogP contribution in [0.15, 0.2) is 18.2 Å². The first-order valence-corrected chi connectivity index (χ1v) is 7.53. The molecule has 3 nitrogen and oxygen atoms in total. The van der Waals surface area contributed by atoms with Gasteiger partial charge in [-0.1, -0.05) is 12.8 Å². The first kappa shape index (κ1) is 13.6. The van der Waals surface area contributed by atoms with Gasteiger partial charge in [0.25, 0.3) is 0 Å². The predicted molar refractivity (Wildman–Crippen MR) is 80.2 cm³/mol. The van der Waals surface area contributed by atoms with Crippen LogP contribution < -0.4 is 11.1 Å². The average Bonchev–Trinajstić information content (AvgIpc) is 2.81. The minimum atomic E-state index is -0.177. The van der Waals surface area contributed by atoms with E-state index in [1.165, 1.54) is 29.5 Å². The summed E-state index contributed by atoms with van der Waals surface area (Å²) in [5.74, 6) is -0.177. The number of benzene rings is 1. The molecule has 2 aromatic rings. The smallest absolute Gasteiger partial charge is 0.125 e. The summed E-state index contributed by atoms with van der Waals surface area (Å²) in [7, 11) is 0. The lowest BCUT2D eigenvalue weighted by atomic mass is 9.95. The van der Waals surface area contributed by atoms with Crippen LogP contribution in [0.5, 0.6) is 0 Å². The Morgan fingerprint density at radius 1 is 1.25 bits per heavy atom. The van der Waals surface area contributed by atoms with E-state index in [2.05, 4.69) is 10.3 Å². The van der Waals surface area contributed by atoms with Crippen molar-refractivity contribution in [1.29, 1.82) is 0 Å². The highest BCUT2D eigenvalue weighted by atomic mass is 19.1. The lowest BCUT2D eigenvalue weighted by Gasteiger charge is -2.24. The second-order valence-corrected chi connectivity index (χ2v) is 5.60. The summed E-state index contributed by atoms with van der Waals surface area (Å²) in [4.78, 5) is 3.42. The molecule has 1 aromatic carbocycles. The summed E-state index contributed by atoms with van der Waals surface area (Å²) in [5.41, 5.74) is 9.07. The largest absolute Gasteiger partial charge is 0.357 e. The van der Waals surface area contributed by atoms with Crippen molar-refractivity contribution in [2.75, 3.05) is 13.1 Å². The molecule has 0 spiro atoms. The first-order chi connectivity index (χ1) is 9.79. The molecular formula is C16H22FN3. The van der Waals surface area contributed by atoms with Crippen molar-refractivity contribution >= 4 is 10.9 Å². The zero-order valence-corrected chi connectivity index (χ0v) is 11.7. The molecule has 0 saturated carbocycles. The quantitative estimate of drug-likeness (QED) is 0.735. The van der Waals surface area contributed by atoms with Crippen LogP contribution in [0.25, 0.3) is 10.9 Å². The van der Waals surface area contributed by atoms with Gasteiger partial charge in [-0.15, -0.1) is 0 Å². The number of hydrogen-bond donors (Lipinski definition) is 3. The maximum absolute atomic E-state index is 13.3. The molecule has 2 heterocycles. The number of rotatable bonds is 5. The van der Waals surface area contributed by atoms with Crippen LogP contribution in [-0.4, -0.2) is 18.1 Å². The van der Waals surface area contributed by atoms with E-state index in [4.69, 9.17) is 5.73 Å². The van der Waals surface area contributed by atoms with Crippen LogP contribution in [0.2, 0.25) is 0 Å². The molecule has 0 radical (unpaired) electrons. The third-order valence-corrected chi connectivity index (χ3v) is 4.21. The summed E-state index contributed by atoms with van der Waals surface area (Å²) in [6.45, 7) is 1.77. The van der Waals surface area contributed by atoms with Crippen LogP contribution in [-0.2, 0) is 6.42 Å². The van der Waals surface area contributed by atoms with Crippen molar-refractivity contribution in [3.8, 4) is 0 Å². The Morgan fingerprint density at radius 2 is 2.15 bits per heavy atom. The molecule has 1 unspecified atom stereocenters. The fourth-order valence-electron chi connectivity index (χ4n) is 3.20. The van der Waals surface area contributed by atoms with E-state index < -0.39 is 0 Å². The SMILES string of the molecule is NCCCCCC1NCCc2c1[nH]c1cc(F)ccc21. The van der Waals surface area contributed by atoms with Crippen molar-refractivity contribution in [3.63, 3.8) is 0 Å². The summed E-state index contributed by atoms with van der Waals surface area (Å²) in [6.07, 6.45) is 5.58. The lowest BCUT2D eigenvalue weighted by molar-refractivity contribution is 0.447. The zero-order chi connectivity index (χ0) is 13.9. The highest BCUT2D eigenvalue weighted by Gasteiger charge is 2.23. The number of unbranched alkanes of at least 4 members (excludes halogenated alkanes) is 2. The molecule has 4 N–H and O–H groups in total. The average molecular weight is 275 g/mol. The van der Waals surface area contributed by atoms with E-state index in [-0.39, 0.29) is 5.82 Å². The van der Waals surface area contributed by atoms with E-state index >= 15 is 0 Å². The molecule has 108 valence electrons. The Bertz CT molecular complexity index is 591. The number of halogens is 1. The monoisotopic (exact) mass is 275 g/mol. The minimum absolute atomic E-state index is 0.177. The molecule has 0 aliphatic carbocycles. The number of fused-ring (bicyclic) bond motifs is 3. The number of nitrogens with one attached hydrogen (secondary N) is 2. The van der Waals surface area contributed by atoms with E-state index in [9.17, 15) is 4.39 Å². The molecule has 0 fully saturated rings. The molecule has 0 saturated heterocycles. The molecular weight excluding hydrogens is 253 g/mol. The van der Waals surface area contributed by atoms with Gasteiger partial charge in [0.05, 0.1) is 0 Å². The van der Waals surface area contributed by atoms with Gasteiger partial charge >= 0.3 is 0 Å². The van der Waals surface area contributed by atoms with Gasteiger partial charge in [-0.2, -0.15) is 0 Å². The van der Waals surface area contributed by atoms with Crippen molar-refractivity contribution in [3.05, 3.63) is 35.3 Å². The molecule has 20 heavy (non-hydrogen) atoms. The Kier molecular flexibility index (Phi) is 4.03. The van der Waals surface area contributed by atoms with Gasteiger partial charge in [0.2, 0.25) is 0 Å². The highest BCUT2D eigenvalue weighted by Crippen LogP contribution is 2.32. The molecule has 1 atom stereocenters. The van der Waals surface area contributed by atoms with Gasteiger partial charge in [-0.25, -0.2) is 4.39 Å². The third kappa shape index (κ3) is 2.58. The highest BCUT2D eigenvalue weighted by molar-refractivity contribution is 5.85. The van der Waals surface area contributed by atoms with Crippen LogP contribution in [0.3, 0.4) is 0 Å². The van der Waals surface area contributed by atoms with Gasteiger partial charge in [0.1, 0.15) is 5.82 Å². The fraction of sp³-hybridized carbons (Fsp3) is 0.500. The molecule has 1 aliphatic heterocycles. The summed E-state index contributed by atoms with van der Waals surface area (Å²) < 4.78 is 13.3. The van der Waals surface area contributed by atoms with Crippen LogP contribution >= 0.6 is 0 Å². The second kappa shape index (κ2) is 5.94. The third-order valence-electron chi connectivity index (χ3n) is 4.21.